The second kappa shape index (κ2) is 8.08. The van der Waals surface area contributed by atoms with Gasteiger partial charge in [0.25, 0.3) is 0 Å². The van der Waals surface area contributed by atoms with E-state index in [0.29, 0.717) is 0 Å². The molecule has 5 rings (SSSR count). The minimum absolute atomic E-state index is 0.280. The number of likely N-dealkylation sites (tertiary alicyclic amines) is 1. The van der Waals surface area contributed by atoms with Gasteiger partial charge in [-0.1, -0.05) is 42.1 Å². The number of likely N-dealkylation sites (N-methyl/N-ethyl adjacent to an activating group) is 1. The van der Waals surface area contributed by atoms with Crippen LogP contribution in [0.15, 0.2) is 64.5 Å². The zero-order valence-electron chi connectivity index (χ0n) is 17.6. The lowest BCUT2D eigenvalue weighted by molar-refractivity contribution is 0.0147. The number of benzene rings is 2. The number of hydrogen-bond donors (Lipinski definition) is 0. The van der Waals surface area contributed by atoms with Crippen molar-refractivity contribution in [1.29, 1.82) is 0 Å². The van der Waals surface area contributed by atoms with E-state index in [1.165, 1.54) is 21.2 Å². The molecule has 0 bridgehead atoms. The number of hydrogen-bond acceptors (Lipinski definition) is 5. The van der Waals surface area contributed by atoms with Crippen LogP contribution in [0.4, 0.5) is 16.2 Å². The van der Waals surface area contributed by atoms with E-state index in [-0.39, 0.29) is 6.09 Å². The average Bonchev–Trinajstić information content (AvgIpc) is 2.98. The van der Waals surface area contributed by atoms with E-state index < -0.39 is 5.60 Å². The van der Waals surface area contributed by atoms with Gasteiger partial charge in [-0.05, 0) is 43.3 Å². The van der Waals surface area contributed by atoms with Crippen molar-refractivity contribution >= 4 is 40.8 Å². The highest BCUT2D eigenvalue weighted by molar-refractivity contribution is 7.99. The number of amides is 1. The van der Waals surface area contributed by atoms with Gasteiger partial charge in [0, 0.05) is 54.3 Å². The Morgan fingerprint density at radius 3 is 2.58 bits per heavy atom. The van der Waals surface area contributed by atoms with Crippen molar-refractivity contribution in [3.63, 3.8) is 0 Å². The third-order valence-corrected chi connectivity index (χ3v) is 7.96. The van der Waals surface area contributed by atoms with Crippen molar-refractivity contribution in [2.45, 2.75) is 34.7 Å². The van der Waals surface area contributed by atoms with Crippen molar-refractivity contribution in [3.8, 4) is 0 Å². The molecule has 0 radical (unpaired) electrons. The van der Waals surface area contributed by atoms with Crippen LogP contribution in [-0.4, -0.2) is 54.7 Å². The molecule has 2 fully saturated rings. The van der Waals surface area contributed by atoms with Crippen molar-refractivity contribution < 1.29 is 9.53 Å². The van der Waals surface area contributed by atoms with Gasteiger partial charge in [-0.15, -0.1) is 0 Å². The minimum Gasteiger partial charge on any atom is -0.436 e. The van der Waals surface area contributed by atoms with Gasteiger partial charge in [-0.2, -0.15) is 0 Å². The molecule has 0 N–H and O–H groups in total. The standard InChI is InChI=1S/C24H26ClN3O2S/c1-17-24(30-23(29)26(17)2)10-14-27(15-11-24)12-5-13-28-19-6-3-4-7-21(19)31-22-9-8-18(25)16-20(22)28/h3-4,6-9,16H,1,5,10-15H2,2H3. The fraction of sp³-hybridized carbons (Fsp3) is 0.375. The van der Waals surface area contributed by atoms with Gasteiger partial charge in [-0.25, -0.2) is 4.79 Å². The summed E-state index contributed by atoms with van der Waals surface area (Å²) in [6.07, 6.45) is 2.38. The third kappa shape index (κ3) is 3.71. The normalized spacial score (nSPS) is 20.1. The first-order chi connectivity index (χ1) is 15.0. The summed E-state index contributed by atoms with van der Waals surface area (Å²) in [5.41, 5.74) is 2.73. The van der Waals surface area contributed by atoms with Crippen LogP contribution >= 0.6 is 23.4 Å². The highest BCUT2D eigenvalue weighted by Crippen LogP contribution is 2.48. The number of rotatable bonds is 4. The molecule has 3 aliphatic heterocycles. The molecule has 0 aliphatic carbocycles. The predicted octanol–water partition coefficient (Wildman–Crippen LogP) is 5.76. The van der Waals surface area contributed by atoms with Crippen LogP contribution in [0.5, 0.6) is 0 Å². The van der Waals surface area contributed by atoms with E-state index in [1.54, 1.807) is 23.7 Å². The van der Waals surface area contributed by atoms with Crippen LogP contribution in [0, 0.1) is 0 Å². The number of piperidine rings is 1. The van der Waals surface area contributed by atoms with Crippen molar-refractivity contribution in [2.24, 2.45) is 0 Å². The zero-order valence-corrected chi connectivity index (χ0v) is 19.2. The largest absolute Gasteiger partial charge is 0.436 e. The molecule has 1 amide bonds. The molecule has 2 aromatic carbocycles. The number of fused-ring (bicyclic) bond motifs is 2. The minimum atomic E-state index is -0.499. The number of para-hydroxylation sites is 1. The topological polar surface area (TPSA) is 36.0 Å². The van der Waals surface area contributed by atoms with Crippen LogP contribution in [0.3, 0.4) is 0 Å². The van der Waals surface area contributed by atoms with E-state index >= 15 is 0 Å². The molecule has 0 atom stereocenters. The number of carbonyl (C=O) groups excluding carboxylic acids is 1. The van der Waals surface area contributed by atoms with Gasteiger partial charge in [0.2, 0.25) is 0 Å². The highest BCUT2D eigenvalue weighted by Gasteiger charge is 2.49. The second-order valence-electron chi connectivity index (χ2n) is 8.40. The Labute approximate surface area is 192 Å². The summed E-state index contributed by atoms with van der Waals surface area (Å²) in [6, 6.07) is 14.7. The van der Waals surface area contributed by atoms with Crippen molar-refractivity contribution in [1.82, 2.24) is 9.80 Å². The van der Waals surface area contributed by atoms with Gasteiger partial charge in [0.15, 0.2) is 5.60 Å². The molecular weight excluding hydrogens is 430 g/mol. The molecule has 5 nitrogen and oxygen atoms in total. The monoisotopic (exact) mass is 455 g/mol. The maximum Gasteiger partial charge on any atom is 0.414 e. The fourth-order valence-corrected chi connectivity index (χ4v) is 5.98. The first-order valence-electron chi connectivity index (χ1n) is 10.7. The second-order valence-corrected chi connectivity index (χ2v) is 9.92. The Kier molecular flexibility index (Phi) is 5.40. The van der Waals surface area contributed by atoms with Gasteiger partial charge in [-0.3, -0.25) is 4.90 Å². The molecule has 3 aliphatic rings. The Bertz CT molecular complexity index is 1040. The van der Waals surface area contributed by atoms with Gasteiger partial charge >= 0.3 is 6.09 Å². The summed E-state index contributed by atoms with van der Waals surface area (Å²) in [5.74, 6) is 0. The Morgan fingerprint density at radius 2 is 1.84 bits per heavy atom. The summed E-state index contributed by atoms with van der Waals surface area (Å²) in [7, 11) is 1.74. The van der Waals surface area contributed by atoms with Crippen LogP contribution in [0.2, 0.25) is 5.02 Å². The molecule has 162 valence electrons. The molecule has 3 heterocycles. The van der Waals surface area contributed by atoms with Crippen LogP contribution < -0.4 is 4.90 Å². The summed E-state index contributed by atoms with van der Waals surface area (Å²) in [4.78, 5) is 20.9. The molecule has 0 aromatic heterocycles. The predicted molar refractivity (Wildman–Crippen MR) is 125 cm³/mol. The molecular formula is C24H26ClN3O2S. The lowest BCUT2D eigenvalue weighted by atomic mass is 9.88. The third-order valence-electron chi connectivity index (χ3n) is 6.59. The lowest BCUT2D eigenvalue weighted by Crippen LogP contribution is -2.46. The smallest absolute Gasteiger partial charge is 0.414 e. The van der Waals surface area contributed by atoms with E-state index in [0.717, 1.165) is 56.2 Å². The Morgan fingerprint density at radius 1 is 1.10 bits per heavy atom. The number of nitrogens with zero attached hydrogens (tertiary/aromatic N) is 3. The van der Waals surface area contributed by atoms with E-state index in [4.69, 9.17) is 16.3 Å². The number of ether oxygens (including phenoxy) is 1. The van der Waals surface area contributed by atoms with Crippen LogP contribution in [0.1, 0.15) is 19.3 Å². The summed E-state index contributed by atoms with van der Waals surface area (Å²) >= 11 is 8.13. The van der Waals surface area contributed by atoms with E-state index in [2.05, 4.69) is 52.8 Å². The highest BCUT2D eigenvalue weighted by atomic mass is 35.5. The molecule has 31 heavy (non-hydrogen) atoms. The van der Waals surface area contributed by atoms with Crippen LogP contribution in [0.25, 0.3) is 0 Å². The van der Waals surface area contributed by atoms with Gasteiger partial charge in [0.1, 0.15) is 0 Å². The summed E-state index contributed by atoms with van der Waals surface area (Å²) < 4.78 is 5.69. The average molecular weight is 456 g/mol. The number of anilines is 2. The fourth-order valence-electron chi connectivity index (χ4n) is 4.73. The summed E-state index contributed by atoms with van der Waals surface area (Å²) in [5, 5.41) is 0.765. The number of carbonyl (C=O) groups is 1. The van der Waals surface area contributed by atoms with Gasteiger partial charge < -0.3 is 14.5 Å². The maximum atomic E-state index is 11.9. The Balaban J connectivity index is 1.23. The number of halogens is 1. The first kappa shape index (κ1) is 20.7. The summed E-state index contributed by atoms with van der Waals surface area (Å²) in [6.45, 7) is 7.86. The molecule has 7 heteroatoms. The Hall–Kier alpha value is -2.15. The van der Waals surface area contributed by atoms with Gasteiger partial charge in [0.05, 0.1) is 17.1 Å². The molecule has 2 saturated heterocycles. The van der Waals surface area contributed by atoms with Crippen molar-refractivity contribution in [3.05, 3.63) is 59.8 Å². The molecule has 0 unspecified atom stereocenters. The zero-order chi connectivity index (χ0) is 21.6. The quantitative estimate of drug-likeness (QED) is 0.585. The molecule has 1 spiro atoms. The molecule has 0 saturated carbocycles. The maximum absolute atomic E-state index is 11.9. The van der Waals surface area contributed by atoms with Crippen molar-refractivity contribution in [2.75, 3.05) is 38.1 Å². The van der Waals surface area contributed by atoms with E-state index in [9.17, 15) is 4.79 Å². The lowest BCUT2D eigenvalue weighted by Gasteiger charge is -2.38. The SMILES string of the molecule is C=C1N(C)C(=O)OC12CCN(CCCN1c3ccccc3Sc3ccc(Cl)cc31)CC2. The van der Waals surface area contributed by atoms with Crippen LogP contribution in [-0.2, 0) is 4.74 Å². The van der Waals surface area contributed by atoms with E-state index in [1.807, 2.05) is 6.07 Å². The molecule has 2 aromatic rings. The first-order valence-corrected chi connectivity index (χ1v) is 11.9.